The van der Waals surface area contributed by atoms with Crippen LogP contribution in [0.25, 0.3) is 11.0 Å². The fraction of sp³-hybridized carbons (Fsp3) is 0.222. The molecule has 0 radical (unpaired) electrons. The first-order valence-corrected chi connectivity index (χ1v) is 6.87. The summed E-state index contributed by atoms with van der Waals surface area (Å²) in [6.07, 6.45) is -2.82. The van der Waals surface area contributed by atoms with Crippen LogP contribution in [-0.4, -0.2) is 21.2 Å². The molecule has 18 heavy (non-hydrogen) atoms. The number of alkyl halides is 3. The maximum Gasteiger partial charge on any atom is 0.434 e. The Kier molecular flexibility index (Phi) is 3.70. The number of pyridine rings is 1. The quantitative estimate of drug-likeness (QED) is 0.435. The van der Waals surface area contributed by atoms with Gasteiger partial charge in [-0.05, 0) is 28.3 Å². The molecule has 0 amide bonds. The molecule has 0 aliphatic heterocycles. The minimum atomic E-state index is -4.56. The van der Waals surface area contributed by atoms with Gasteiger partial charge in [0.15, 0.2) is 16.0 Å². The van der Waals surface area contributed by atoms with Crippen molar-refractivity contribution in [1.82, 2.24) is 15.0 Å². The maximum absolute atomic E-state index is 12.7. The molecule has 2 aromatic heterocycles. The third-order valence-corrected chi connectivity index (χ3v) is 3.43. The van der Waals surface area contributed by atoms with Gasteiger partial charge in [-0.3, -0.25) is 0 Å². The second-order valence-electron chi connectivity index (χ2n) is 3.19. The van der Waals surface area contributed by atoms with Crippen LogP contribution in [0.2, 0.25) is 5.15 Å². The number of hydrogen-bond acceptors (Lipinski definition) is 4. The fourth-order valence-electron chi connectivity index (χ4n) is 1.27. The molecule has 0 bridgehead atoms. The molecule has 2 aromatic rings. The van der Waals surface area contributed by atoms with Gasteiger partial charge in [-0.2, -0.15) is 13.2 Å². The van der Waals surface area contributed by atoms with Crippen LogP contribution in [0.15, 0.2) is 15.7 Å². The van der Waals surface area contributed by atoms with Gasteiger partial charge in [0.1, 0.15) is 5.52 Å². The summed E-state index contributed by atoms with van der Waals surface area (Å²) in [5, 5.41) is 0.281. The normalized spacial score (nSPS) is 12.1. The Bertz CT molecular complexity index is 620. The summed E-state index contributed by atoms with van der Waals surface area (Å²) < 4.78 is 37.8. The SMILES string of the molecule is CSc1nc(Cl)c2nc(C(F)(F)F)c(Br)cc2n1. The van der Waals surface area contributed by atoms with E-state index in [0.29, 0.717) is 5.16 Å². The Balaban J connectivity index is 2.76. The van der Waals surface area contributed by atoms with Crippen LogP contribution >= 0.6 is 39.3 Å². The molecule has 2 heterocycles. The van der Waals surface area contributed by atoms with Crippen molar-refractivity contribution in [3.63, 3.8) is 0 Å². The lowest BCUT2D eigenvalue weighted by Gasteiger charge is -2.09. The molecule has 0 unspecified atom stereocenters. The standard InChI is InChI=1S/C9H4BrClF3N3S/c1-18-8-15-4-2-3(10)6(9(12,13)14)16-5(4)7(11)17-8/h2H,1H3. The van der Waals surface area contributed by atoms with Crippen LogP contribution in [0.4, 0.5) is 13.2 Å². The van der Waals surface area contributed by atoms with Gasteiger partial charge in [-0.15, -0.1) is 0 Å². The largest absolute Gasteiger partial charge is 0.434 e. The molecule has 0 aliphatic rings. The number of fused-ring (bicyclic) bond motifs is 1. The summed E-state index contributed by atoms with van der Waals surface area (Å²) in [4.78, 5) is 11.4. The summed E-state index contributed by atoms with van der Waals surface area (Å²) in [5.74, 6) is 0. The summed E-state index contributed by atoms with van der Waals surface area (Å²) in [6.45, 7) is 0. The Hall–Kier alpha value is -0.600. The van der Waals surface area contributed by atoms with Gasteiger partial charge in [0.2, 0.25) is 0 Å². The predicted molar refractivity (Wildman–Crippen MR) is 66.8 cm³/mol. The van der Waals surface area contributed by atoms with Crippen molar-refractivity contribution in [3.05, 3.63) is 21.4 Å². The second kappa shape index (κ2) is 4.82. The first-order chi connectivity index (χ1) is 8.32. The fourth-order valence-corrected chi connectivity index (χ4v) is 2.44. The molecular formula is C9H4BrClF3N3S. The molecule has 0 fully saturated rings. The molecule has 0 saturated carbocycles. The molecule has 96 valence electrons. The van der Waals surface area contributed by atoms with E-state index in [9.17, 15) is 13.2 Å². The summed E-state index contributed by atoms with van der Waals surface area (Å²) >= 11 is 9.88. The van der Waals surface area contributed by atoms with E-state index < -0.39 is 11.9 Å². The van der Waals surface area contributed by atoms with Crippen molar-refractivity contribution >= 4 is 50.3 Å². The van der Waals surface area contributed by atoms with Crippen molar-refractivity contribution in [2.45, 2.75) is 11.3 Å². The zero-order valence-corrected chi connectivity index (χ0v) is 11.9. The predicted octanol–water partition coefficient (Wildman–Crippen LogP) is 4.18. The van der Waals surface area contributed by atoms with E-state index in [1.807, 2.05) is 0 Å². The van der Waals surface area contributed by atoms with Crippen LogP contribution in [0.5, 0.6) is 0 Å². The van der Waals surface area contributed by atoms with Crippen LogP contribution in [0.1, 0.15) is 5.69 Å². The zero-order valence-electron chi connectivity index (χ0n) is 8.72. The first kappa shape index (κ1) is 13.8. The highest BCUT2D eigenvalue weighted by Gasteiger charge is 2.35. The van der Waals surface area contributed by atoms with E-state index in [2.05, 4.69) is 30.9 Å². The van der Waals surface area contributed by atoms with Gasteiger partial charge < -0.3 is 0 Å². The summed E-state index contributed by atoms with van der Waals surface area (Å²) in [5.41, 5.74) is -0.846. The summed E-state index contributed by atoms with van der Waals surface area (Å²) in [6, 6.07) is 1.23. The van der Waals surface area contributed by atoms with Crippen molar-refractivity contribution in [2.75, 3.05) is 6.26 Å². The maximum atomic E-state index is 12.7. The minimum Gasteiger partial charge on any atom is -0.237 e. The third-order valence-electron chi connectivity index (χ3n) is 2.01. The molecule has 0 N–H and O–H groups in total. The van der Waals surface area contributed by atoms with Gasteiger partial charge in [0, 0.05) is 0 Å². The van der Waals surface area contributed by atoms with E-state index in [-0.39, 0.29) is 20.7 Å². The van der Waals surface area contributed by atoms with Crippen molar-refractivity contribution in [2.24, 2.45) is 0 Å². The molecule has 0 spiro atoms. The lowest BCUT2D eigenvalue weighted by molar-refractivity contribution is -0.141. The molecule has 0 aliphatic carbocycles. The van der Waals surface area contributed by atoms with Gasteiger partial charge in [-0.1, -0.05) is 23.4 Å². The number of thioether (sulfide) groups is 1. The van der Waals surface area contributed by atoms with E-state index in [1.165, 1.54) is 17.8 Å². The first-order valence-electron chi connectivity index (χ1n) is 4.48. The highest BCUT2D eigenvalue weighted by Crippen LogP contribution is 2.35. The molecule has 0 atom stereocenters. The second-order valence-corrected chi connectivity index (χ2v) is 5.17. The van der Waals surface area contributed by atoms with Gasteiger partial charge >= 0.3 is 6.18 Å². The average Bonchev–Trinajstić information content (AvgIpc) is 2.26. The highest BCUT2D eigenvalue weighted by molar-refractivity contribution is 9.10. The Labute approximate surface area is 117 Å². The lowest BCUT2D eigenvalue weighted by atomic mass is 10.3. The van der Waals surface area contributed by atoms with E-state index in [4.69, 9.17) is 11.6 Å². The van der Waals surface area contributed by atoms with E-state index in [1.54, 1.807) is 6.26 Å². The van der Waals surface area contributed by atoms with Crippen LogP contribution in [0, 0.1) is 0 Å². The van der Waals surface area contributed by atoms with Crippen molar-refractivity contribution in [3.8, 4) is 0 Å². The molecule has 2 rings (SSSR count). The smallest absolute Gasteiger partial charge is 0.237 e. The third kappa shape index (κ3) is 2.55. The number of hydrogen-bond donors (Lipinski definition) is 0. The van der Waals surface area contributed by atoms with Crippen LogP contribution in [0.3, 0.4) is 0 Å². The summed E-state index contributed by atoms with van der Waals surface area (Å²) in [7, 11) is 0. The number of nitrogens with zero attached hydrogens (tertiary/aromatic N) is 3. The lowest BCUT2D eigenvalue weighted by Crippen LogP contribution is -2.10. The van der Waals surface area contributed by atoms with Crippen molar-refractivity contribution < 1.29 is 13.2 Å². The molecule has 9 heteroatoms. The Morgan fingerprint density at radius 3 is 2.50 bits per heavy atom. The van der Waals surface area contributed by atoms with Crippen LogP contribution in [-0.2, 0) is 6.18 Å². The Morgan fingerprint density at radius 2 is 1.94 bits per heavy atom. The molecule has 0 saturated heterocycles. The molecule has 3 nitrogen and oxygen atoms in total. The van der Waals surface area contributed by atoms with Gasteiger partial charge in [-0.25, -0.2) is 15.0 Å². The van der Waals surface area contributed by atoms with Crippen molar-refractivity contribution in [1.29, 1.82) is 0 Å². The van der Waals surface area contributed by atoms with Gasteiger partial charge in [0.25, 0.3) is 0 Å². The Morgan fingerprint density at radius 1 is 1.28 bits per heavy atom. The highest BCUT2D eigenvalue weighted by atomic mass is 79.9. The van der Waals surface area contributed by atoms with Gasteiger partial charge in [0.05, 0.1) is 9.99 Å². The number of aromatic nitrogens is 3. The number of rotatable bonds is 1. The van der Waals surface area contributed by atoms with E-state index >= 15 is 0 Å². The number of halogens is 5. The monoisotopic (exact) mass is 357 g/mol. The minimum absolute atomic E-state index is 0.0648. The molecule has 0 aromatic carbocycles. The zero-order chi connectivity index (χ0) is 13.5. The van der Waals surface area contributed by atoms with Crippen LogP contribution < -0.4 is 0 Å². The topological polar surface area (TPSA) is 38.7 Å². The average molecular weight is 359 g/mol. The molecular weight excluding hydrogens is 355 g/mol. The van der Waals surface area contributed by atoms with E-state index in [0.717, 1.165) is 0 Å².